The maximum atomic E-state index is 11.4. The highest BCUT2D eigenvalue weighted by Crippen LogP contribution is 2.32. The number of hydrogen-bond acceptors (Lipinski definition) is 4. The van der Waals surface area contributed by atoms with Crippen molar-refractivity contribution in [3.63, 3.8) is 0 Å². The lowest BCUT2D eigenvalue weighted by atomic mass is 10.2. The smallest absolute Gasteiger partial charge is 0.251 e. The third-order valence-corrected chi connectivity index (χ3v) is 3.87. The molecule has 1 amide bonds. The number of nitrogens with two attached hydrogens (primary N) is 2. The van der Waals surface area contributed by atoms with Crippen LogP contribution < -0.4 is 11.5 Å². The van der Waals surface area contributed by atoms with Crippen molar-refractivity contribution < 1.29 is 4.79 Å². The Hall–Kier alpha value is -2.01. The van der Waals surface area contributed by atoms with Crippen molar-refractivity contribution in [2.75, 3.05) is 5.73 Å². The number of anilines is 1. The van der Waals surface area contributed by atoms with Crippen molar-refractivity contribution in [2.45, 2.75) is 23.8 Å². The van der Waals surface area contributed by atoms with E-state index in [-0.39, 0.29) is 0 Å². The minimum Gasteiger partial charge on any atom is -0.397 e. The molecule has 2 aromatic rings. The van der Waals surface area contributed by atoms with Crippen LogP contribution in [-0.4, -0.2) is 10.9 Å². The number of hydrogen-bond donors (Lipinski definition) is 2. The normalized spacial score (nSPS) is 10.4. The number of pyridine rings is 1. The van der Waals surface area contributed by atoms with Crippen LogP contribution >= 0.6 is 11.8 Å². The molecule has 1 aromatic heterocycles. The summed E-state index contributed by atoms with van der Waals surface area (Å²) in [5, 5.41) is 0.577. The average Bonchev–Trinajstić information content (AvgIpc) is 2.34. The Morgan fingerprint density at radius 2 is 2.00 bits per heavy atom. The van der Waals surface area contributed by atoms with Crippen LogP contribution in [0.15, 0.2) is 40.4 Å². The molecular formula is C14H15N3OS. The highest BCUT2D eigenvalue weighted by atomic mass is 32.2. The molecule has 0 fully saturated rings. The van der Waals surface area contributed by atoms with Crippen molar-refractivity contribution in [3.8, 4) is 0 Å². The summed E-state index contributed by atoms with van der Waals surface area (Å²) >= 11 is 1.42. The van der Waals surface area contributed by atoms with Crippen LogP contribution in [-0.2, 0) is 0 Å². The molecule has 0 atom stereocenters. The van der Waals surface area contributed by atoms with Crippen LogP contribution in [0, 0.1) is 13.8 Å². The van der Waals surface area contributed by atoms with Gasteiger partial charge in [0, 0.05) is 4.90 Å². The summed E-state index contributed by atoms with van der Waals surface area (Å²) in [5.41, 5.74) is 14.1. The first-order valence-corrected chi connectivity index (χ1v) is 6.59. The number of amides is 1. The number of rotatable bonds is 3. The summed E-state index contributed by atoms with van der Waals surface area (Å²) in [6.45, 7) is 4.06. The predicted octanol–water partition coefficient (Wildman–Crippen LogP) is 2.53. The van der Waals surface area contributed by atoms with Crippen molar-refractivity contribution in [2.24, 2.45) is 5.73 Å². The molecule has 0 aliphatic heterocycles. The molecule has 98 valence electrons. The van der Waals surface area contributed by atoms with Crippen molar-refractivity contribution in [1.29, 1.82) is 0 Å². The third kappa shape index (κ3) is 3.06. The molecule has 0 spiro atoms. The first-order valence-electron chi connectivity index (χ1n) is 5.78. The second-order valence-electron chi connectivity index (χ2n) is 4.36. The van der Waals surface area contributed by atoms with Crippen molar-refractivity contribution in [3.05, 3.63) is 47.2 Å². The Morgan fingerprint density at radius 1 is 1.26 bits per heavy atom. The Labute approximate surface area is 116 Å². The van der Waals surface area contributed by atoms with Crippen molar-refractivity contribution in [1.82, 2.24) is 4.98 Å². The predicted molar refractivity (Wildman–Crippen MR) is 77.2 cm³/mol. The van der Waals surface area contributed by atoms with Crippen LogP contribution in [0.3, 0.4) is 0 Å². The number of carbonyl (C=O) groups is 1. The van der Waals surface area contributed by atoms with Gasteiger partial charge in [-0.15, -0.1) is 0 Å². The quantitative estimate of drug-likeness (QED) is 0.900. The van der Waals surface area contributed by atoms with Crippen LogP contribution in [0.1, 0.15) is 21.5 Å². The minimum absolute atomic E-state index is 0.352. The molecule has 2 rings (SSSR count). The molecule has 0 unspecified atom stereocenters. The van der Waals surface area contributed by atoms with E-state index < -0.39 is 5.91 Å². The van der Waals surface area contributed by atoms with Crippen LogP contribution in [0.4, 0.5) is 5.69 Å². The Bertz CT molecular complexity index is 641. The van der Waals surface area contributed by atoms with Crippen molar-refractivity contribution >= 4 is 23.4 Å². The topological polar surface area (TPSA) is 82.0 Å². The van der Waals surface area contributed by atoms with Crippen LogP contribution in [0.5, 0.6) is 0 Å². The highest BCUT2D eigenvalue weighted by Gasteiger charge is 2.12. The molecule has 0 saturated heterocycles. The van der Waals surface area contributed by atoms with Gasteiger partial charge in [-0.2, -0.15) is 0 Å². The van der Waals surface area contributed by atoms with E-state index in [1.165, 1.54) is 23.5 Å². The first-order chi connectivity index (χ1) is 8.97. The summed E-state index contributed by atoms with van der Waals surface area (Å²) in [7, 11) is 0. The van der Waals surface area contributed by atoms with E-state index in [2.05, 4.69) is 11.1 Å². The van der Waals surface area contributed by atoms with Gasteiger partial charge in [0.15, 0.2) is 0 Å². The van der Waals surface area contributed by atoms with Crippen LogP contribution in [0.25, 0.3) is 0 Å². The zero-order valence-electron chi connectivity index (χ0n) is 10.8. The van der Waals surface area contributed by atoms with E-state index in [1.54, 1.807) is 6.07 Å². The molecule has 4 nitrogen and oxygen atoms in total. The number of benzene rings is 1. The largest absolute Gasteiger partial charge is 0.397 e. The summed E-state index contributed by atoms with van der Waals surface area (Å²) < 4.78 is 0. The van der Waals surface area contributed by atoms with E-state index in [9.17, 15) is 4.79 Å². The van der Waals surface area contributed by atoms with Gasteiger partial charge < -0.3 is 11.5 Å². The molecule has 0 saturated carbocycles. The van der Waals surface area contributed by atoms with Gasteiger partial charge in [-0.25, -0.2) is 4.98 Å². The molecule has 1 aromatic carbocycles. The molecule has 5 heteroatoms. The number of nitrogen functional groups attached to an aromatic ring is 1. The second kappa shape index (κ2) is 5.32. The van der Waals surface area contributed by atoms with Gasteiger partial charge in [0.2, 0.25) is 0 Å². The standard InChI is InChI=1S/C14H15N3OS/c1-8-3-4-12(9(2)5-8)19-14-11(13(16)18)6-10(15)7-17-14/h3-7H,15H2,1-2H3,(H2,16,18). The third-order valence-electron chi connectivity index (χ3n) is 2.67. The summed E-state index contributed by atoms with van der Waals surface area (Å²) in [4.78, 5) is 16.7. The van der Waals surface area contributed by atoms with E-state index in [0.29, 0.717) is 16.3 Å². The first kappa shape index (κ1) is 13.4. The molecule has 0 radical (unpaired) electrons. The van der Waals surface area contributed by atoms with Gasteiger partial charge in [0.1, 0.15) is 5.03 Å². The zero-order chi connectivity index (χ0) is 14.0. The summed E-state index contributed by atoms with van der Waals surface area (Å²) in [6.07, 6.45) is 1.53. The molecule has 0 aliphatic rings. The van der Waals surface area contributed by atoms with Gasteiger partial charge in [-0.05, 0) is 31.5 Å². The molecule has 19 heavy (non-hydrogen) atoms. The van der Waals surface area contributed by atoms with E-state index in [0.717, 1.165) is 10.5 Å². The van der Waals surface area contributed by atoms with Gasteiger partial charge in [0.05, 0.1) is 17.4 Å². The number of primary amides is 1. The molecule has 1 heterocycles. The van der Waals surface area contributed by atoms with Crippen LogP contribution in [0.2, 0.25) is 0 Å². The summed E-state index contributed by atoms with van der Waals surface area (Å²) in [5.74, 6) is -0.521. The fraction of sp³-hybridized carbons (Fsp3) is 0.143. The zero-order valence-corrected chi connectivity index (χ0v) is 11.6. The molecule has 4 N–H and O–H groups in total. The Balaban J connectivity index is 2.40. The molecule has 0 aliphatic carbocycles. The monoisotopic (exact) mass is 273 g/mol. The lowest BCUT2D eigenvalue weighted by Gasteiger charge is -2.09. The van der Waals surface area contributed by atoms with Gasteiger partial charge in [0.25, 0.3) is 5.91 Å². The van der Waals surface area contributed by atoms with Gasteiger partial charge in [-0.1, -0.05) is 29.5 Å². The van der Waals surface area contributed by atoms with E-state index in [1.807, 2.05) is 26.0 Å². The van der Waals surface area contributed by atoms with E-state index >= 15 is 0 Å². The lowest BCUT2D eigenvalue weighted by molar-refractivity contribution is 0.0997. The molecular weight excluding hydrogens is 258 g/mol. The Kier molecular flexibility index (Phi) is 3.76. The van der Waals surface area contributed by atoms with E-state index in [4.69, 9.17) is 11.5 Å². The number of aryl methyl sites for hydroxylation is 2. The number of aromatic nitrogens is 1. The second-order valence-corrected chi connectivity index (χ2v) is 5.39. The fourth-order valence-electron chi connectivity index (χ4n) is 1.74. The average molecular weight is 273 g/mol. The summed E-state index contributed by atoms with van der Waals surface area (Å²) in [6, 6.07) is 7.68. The number of nitrogens with zero attached hydrogens (tertiary/aromatic N) is 1. The van der Waals surface area contributed by atoms with Gasteiger partial charge in [-0.3, -0.25) is 4.79 Å². The molecule has 0 bridgehead atoms. The minimum atomic E-state index is -0.521. The van der Waals surface area contributed by atoms with Gasteiger partial charge >= 0.3 is 0 Å². The highest BCUT2D eigenvalue weighted by molar-refractivity contribution is 7.99. The Morgan fingerprint density at radius 3 is 2.63 bits per heavy atom. The maximum Gasteiger partial charge on any atom is 0.251 e. The lowest BCUT2D eigenvalue weighted by Crippen LogP contribution is -2.13. The maximum absolute atomic E-state index is 11.4. The SMILES string of the molecule is Cc1ccc(Sc2ncc(N)cc2C(N)=O)c(C)c1. The fourth-order valence-corrected chi connectivity index (χ4v) is 2.68. The number of carbonyl (C=O) groups excluding carboxylic acids is 1.